The minimum atomic E-state index is -0.804. The van der Waals surface area contributed by atoms with Crippen LogP contribution in [0.1, 0.15) is 64.5 Å². The normalized spacial score (nSPS) is 11.9. The van der Waals surface area contributed by atoms with E-state index >= 15 is 4.79 Å². The molecule has 0 fully saturated rings. The van der Waals surface area contributed by atoms with Crippen molar-refractivity contribution in [1.29, 1.82) is 0 Å². The second-order valence-electron chi connectivity index (χ2n) is 17.9. The lowest BCUT2D eigenvalue weighted by atomic mass is 9.96. The lowest BCUT2D eigenvalue weighted by Gasteiger charge is -2.20. The summed E-state index contributed by atoms with van der Waals surface area (Å²) in [5.74, 6) is -0.482. The van der Waals surface area contributed by atoms with Crippen LogP contribution in [-0.2, 0) is 37.7 Å². The second kappa shape index (κ2) is 24.2. The molecule has 1 aliphatic rings. The number of amides is 1. The molecule has 0 saturated carbocycles. The molecular weight excluding hydrogens is 949 g/mol. The van der Waals surface area contributed by atoms with Crippen molar-refractivity contribution in [3.63, 3.8) is 0 Å². The number of hydrogen-bond acceptors (Lipinski definition) is 9. The summed E-state index contributed by atoms with van der Waals surface area (Å²) in [5, 5.41) is 4.64. The van der Waals surface area contributed by atoms with Crippen LogP contribution in [0.15, 0.2) is 260 Å². The van der Waals surface area contributed by atoms with Crippen molar-refractivity contribution >= 4 is 28.4 Å². The molecule has 10 rings (SSSR count). The Hall–Kier alpha value is -9.93. The number of nitrogens with zero attached hydrogens (tertiary/aromatic N) is 1. The summed E-state index contributed by atoms with van der Waals surface area (Å²) < 4.78 is 32.0. The summed E-state index contributed by atoms with van der Waals surface area (Å²) in [5.41, 5.74) is 5.56. The van der Waals surface area contributed by atoms with Gasteiger partial charge in [0.05, 0.1) is 11.1 Å². The van der Waals surface area contributed by atoms with Crippen LogP contribution in [0.5, 0.6) is 23.0 Å². The monoisotopic (exact) mass is 1000 g/mol. The van der Waals surface area contributed by atoms with E-state index in [1.54, 1.807) is 48.7 Å². The number of nitrogens with one attached hydrogen (secondary N) is 1. The van der Waals surface area contributed by atoms with Crippen LogP contribution in [0.3, 0.4) is 0 Å². The number of hydrogen-bond donors (Lipinski definition) is 1. The van der Waals surface area contributed by atoms with Gasteiger partial charge in [0.15, 0.2) is 5.76 Å². The first-order chi connectivity index (χ1) is 37.4. The zero-order chi connectivity index (χ0) is 51.9. The summed E-state index contributed by atoms with van der Waals surface area (Å²) in [6.07, 6.45) is 6.90. The van der Waals surface area contributed by atoms with E-state index in [4.69, 9.17) is 23.7 Å². The van der Waals surface area contributed by atoms with E-state index in [9.17, 15) is 9.59 Å². The molecule has 9 aromatic rings. The molecule has 0 aliphatic carbocycles. The molecule has 0 spiro atoms. The number of ether oxygens (including phenoxy) is 5. The van der Waals surface area contributed by atoms with Gasteiger partial charge in [0.2, 0.25) is 5.78 Å². The smallest absolute Gasteiger partial charge is 0.343 e. The molecule has 1 heterocycles. The SMILES string of the molecule is O=C(NC1=CN(Cc2ccccc2)C=CC=C1OC(=O)c1cc(OCc2ccccc2)c(C(=O)c2ccc3ccccc3c2OCc2ccccc2)c(OCc2ccccc2)c1)c1ccc(OCc2ccccc2)cc1. The highest BCUT2D eigenvalue weighted by Crippen LogP contribution is 2.39. The number of esters is 1. The average Bonchev–Trinajstić information content (AvgIpc) is 3.66. The molecular formula is C66H52N2O8. The second-order valence-corrected chi connectivity index (χ2v) is 17.9. The minimum Gasteiger partial charge on any atom is -0.489 e. The fourth-order valence-electron chi connectivity index (χ4n) is 8.55. The molecule has 0 bridgehead atoms. The van der Waals surface area contributed by atoms with Crippen molar-refractivity contribution in [2.45, 2.75) is 33.0 Å². The Morgan fingerprint density at radius 2 is 0.974 bits per heavy atom. The summed E-state index contributed by atoms with van der Waals surface area (Å²) in [6, 6.07) is 69.7. The highest BCUT2D eigenvalue weighted by molar-refractivity contribution is 6.17. The van der Waals surface area contributed by atoms with Gasteiger partial charge in [-0.1, -0.05) is 182 Å². The molecule has 10 heteroatoms. The quantitative estimate of drug-likeness (QED) is 0.0589. The van der Waals surface area contributed by atoms with Gasteiger partial charge in [-0.05, 0) is 87.8 Å². The van der Waals surface area contributed by atoms with Crippen LogP contribution < -0.4 is 24.3 Å². The van der Waals surface area contributed by atoms with Crippen LogP contribution in [0.2, 0.25) is 0 Å². The molecule has 0 saturated heterocycles. The predicted molar refractivity (Wildman–Crippen MR) is 294 cm³/mol. The minimum absolute atomic E-state index is 0.0220. The lowest BCUT2D eigenvalue weighted by Crippen LogP contribution is -2.27. The number of benzene rings is 9. The molecule has 10 nitrogen and oxygen atoms in total. The number of allylic oxidation sites excluding steroid dienone is 2. The molecule has 76 heavy (non-hydrogen) atoms. The predicted octanol–water partition coefficient (Wildman–Crippen LogP) is 13.7. The Labute approximate surface area is 441 Å². The van der Waals surface area contributed by atoms with Gasteiger partial charge in [0, 0.05) is 29.9 Å². The van der Waals surface area contributed by atoms with Crippen molar-refractivity contribution in [2.24, 2.45) is 0 Å². The van der Waals surface area contributed by atoms with Gasteiger partial charge >= 0.3 is 5.97 Å². The van der Waals surface area contributed by atoms with E-state index in [0.717, 1.165) is 38.6 Å². The van der Waals surface area contributed by atoms with Crippen LogP contribution in [0.4, 0.5) is 0 Å². The van der Waals surface area contributed by atoms with E-state index in [1.165, 1.54) is 12.1 Å². The largest absolute Gasteiger partial charge is 0.489 e. The number of fused-ring (bicyclic) bond motifs is 1. The highest BCUT2D eigenvalue weighted by atomic mass is 16.5. The topological polar surface area (TPSA) is 113 Å². The van der Waals surface area contributed by atoms with Gasteiger partial charge in [-0.25, -0.2) is 4.79 Å². The molecule has 1 N–H and O–H groups in total. The molecule has 0 radical (unpaired) electrons. The first-order valence-corrected chi connectivity index (χ1v) is 24.9. The van der Waals surface area contributed by atoms with Crippen molar-refractivity contribution in [1.82, 2.24) is 10.2 Å². The van der Waals surface area contributed by atoms with Crippen molar-refractivity contribution in [2.75, 3.05) is 0 Å². The summed E-state index contributed by atoms with van der Waals surface area (Å²) >= 11 is 0. The van der Waals surface area contributed by atoms with Crippen molar-refractivity contribution < 1.29 is 38.1 Å². The molecule has 1 aliphatic heterocycles. The van der Waals surface area contributed by atoms with E-state index in [0.29, 0.717) is 30.2 Å². The first kappa shape index (κ1) is 49.6. The fourth-order valence-corrected chi connectivity index (χ4v) is 8.55. The van der Waals surface area contributed by atoms with Gasteiger partial charge in [-0.2, -0.15) is 0 Å². The third kappa shape index (κ3) is 12.6. The molecule has 0 aromatic heterocycles. The third-order valence-corrected chi connectivity index (χ3v) is 12.5. The fraction of sp³-hybridized carbons (Fsp3) is 0.0758. The Morgan fingerprint density at radius 1 is 0.474 bits per heavy atom. The molecule has 1 amide bonds. The Kier molecular flexibility index (Phi) is 15.8. The van der Waals surface area contributed by atoms with Gasteiger partial charge in [-0.3, -0.25) is 9.59 Å². The summed E-state index contributed by atoms with van der Waals surface area (Å²) in [6.45, 7) is 1.14. The van der Waals surface area contributed by atoms with Crippen molar-refractivity contribution in [3.8, 4) is 23.0 Å². The van der Waals surface area contributed by atoms with E-state index in [-0.39, 0.29) is 59.5 Å². The average molecular weight is 1000 g/mol. The Balaban J connectivity index is 1.01. The van der Waals surface area contributed by atoms with Crippen LogP contribution in [0.25, 0.3) is 10.8 Å². The highest BCUT2D eigenvalue weighted by Gasteiger charge is 2.29. The zero-order valence-electron chi connectivity index (χ0n) is 41.4. The maximum atomic E-state index is 15.5. The van der Waals surface area contributed by atoms with Crippen LogP contribution >= 0.6 is 0 Å². The maximum absolute atomic E-state index is 15.5. The standard InChI is InChI=1S/C66H52N2O8/c69-63(57-37-34-52-29-16-17-30-56(52)64(57)75-46-51-27-14-5-15-28-51)62-60(73-44-49-23-10-3-11-24-49)39-54(40-61(62)74-45-50-25-12-4-13-26-50)66(71)76-59-31-18-38-68(41-47-19-6-1-7-20-47)42-58(59)67-65(70)53-32-35-55(36-33-53)72-43-48-21-8-2-9-22-48/h1-40,42H,41,43-46H2,(H,67,70). The number of rotatable bonds is 20. The molecule has 0 unspecified atom stereocenters. The van der Waals surface area contributed by atoms with E-state index in [2.05, 4.69) is 5.32 Å². The molecule has 9 aromatic carbocycles. The Morgan fingerprint density at radius 3 is 1.54 bits per heavy atom. The first-order valence-electron chi connectivity index (χ1n) is 24.9. The number of carbonyl (C=O) groups is 3. The lowest BCUT2D eigenvalue weighted by molar-refractivity contribution is 0.0624. The van der Waals surface area contributed by atoms with Gasteiger partial charge in [-0.15, -0.1) is 0 Å². The van der Waals surface area contributed by atoms with E-state index in [1.807, 2.05) is 193 Å². The van der Waals surface area contributed by atoms with Gasteiger partial charge in [0.25, 0.3) is 5.91 Å². The molecule has 0 atom stereocenters. The summed E-state index contributed by atoms with van der Waals surface area (Å²) in [4.78, 5) is 46.4. The maximum Gasteiger partial charge on any atom is 0.343 e. The van der Waals surface area contributed by atoms with Crippen molar-refractivity contribution in [3.05, 3.63) is 311 Å². The van der Waals surface area contributed by atoms with Crippen LogP contribution in [-0.4, -0.2) is 22.6 Å². The van der Waals surface area contributed by atoms with Crippen LogP contribution in [0, 0.1) is 0 Å². The third-order valence-electron chi connectivity index (χ3n) is 12.5. The van der Waals surface area contributed by atoms with Gasteiger partial charge in [0.1, 0.15) is 60.7 Å². The Bertz CT molecular complexity index is 3480. The number of ketones is 1. The van der Waals surface area contributed by atoms with E-state index < -0.39 is 17.7 Å². The zero-order valence-corrected chi connectivity index (χ0v) is 41.4. The molecule has 374 valence electrons. The summed E-state index contributed by atoms with van der Waals surface area (Å²) in [7, 11) is 0. The van der Waals surface area contributed by atoms with Gasteiger partial charge < -0.3 is 33.9 Å². The number of carbonyl (C=O) groups excluding carboxylic acids is 3.